The Morgan fingerprint density at radius 3 is 2.73 bits per heavy atom. The summed E-state index contributed by atoms with van der Waals surface area (Å²) in [5.41, 5.74) is 2.26. The van der Waals surface area contributed by atoms with E-state index >= 15 is 0 Å². The van der Waals surface area contributed by atoms with Crippen LogP contribution in [0.15, 0.2) is 18.5 Å². The van der Waals surface area contributed by atoms with Gasteiger partial charge < -0.3 is 9.47 Å². The Morgan fingerprint density at radius 1 is 1.27 bits per heavy atom. The maximum absolute atomic E-state index is 12.6. The third-order valence-electron chi connectivity index (χ3n) is 5.74. The van der Waals surface area contributed by atoms with Gasteiger partial charge in [0.05, 0.1) is 12.2 Å². The van der Waals surface area contributed by atoms with Crippen molar-refractivity contribution in [3.63, 3.8) is 0 Å². The molecule has 4 rings (SSSR count). The zero-order valence-corrected chi connectivity index (χ0v) is 16.1. The van der Waals surface area contributed by atoms with E-state index in [1.165, 1.54) is 0 Å². The van der Waals surface area contributed by atoms with Crippen LogP contribution in [0.3, 0.4) is 0 Å². The number of fused-ring (bicyclic) bond motifs is 1. The van der Waals surface area contributed by atoms with Gasteiger partial charge in [-0.05, 0) is 12.5 Å². The van der Waals surface area contributed by atoms with Crippen LogP contribution in [-0.4, -0.2) is 54.1 Å². The minimum atomic E-state index is 0.0461. The molecule has 0 radical (unpaired) electrons. The quantitative estimate of drug-likeness (QED) is 0.907. The molecule has 2 fully saturated rings. The Labute approximate surface area is 154 Å². The second-order valence-electron chi connectivity index (χ2n) is 8.60. The lowest BCUT2D eigenvalue weighted by Gasteiger charge is -2.25. The molecule has 1 N–H and O–H groups in total. The Morgan fingerprint density at radius 2 is 2.08 bits per heavy atom. The first kappa shape index (κ1) is 17.3. The first-order valence-corrected chi connectivity index (χ1v) is 9.37. The third kappa shape index (κ3) is 3.05. The highest BCUT2D eigenvalue weighted by Gasteiger charge is 2.46. The number of H-pyrrole nitrogens is 1. The van der Waals surface area contributed by atoms with E-state index < -0.39 is 0 Å². The van der Waals surface area contributed by atoms with Gasteiger partial charge in [0.2, 0.25) is 5.91 Å². The summed E-state index contributed by atoms with van der Waals surface area (Å²) in [6.07, 6.45) is 5.36. The highest BCUT2D eigenvalue weighted by atomic mass is 16.2. The number of aryl methyl sites for hydroxylation is 1. The summed E-state index contributed by atoms with van der Waals surface area (Å²) in [5.74, 6) is 1.19. The molecule has 2 aliphatic rings. The molecule has 0 aliphatic carbocycles. The van der Waals surface area contributed by atoms with Gasteiger partial charge in [-0.3, -0.25) is 14.8 Å². The Hall–Kier alpha value is -2.15. The van der Waals surface area contributed by atoms with Crippen LogP contribution >= 0.6 is 0 Å². The van der Waals surface area contributed by atoms with Crippen LogP contribution in [0, 0.1) is 0 Å². The summed E-state index contributed by atoms with van der Waals surface area (Å²) < 4.78 is 1.99. The van der Waals surface area contributed by atoms with Crippen molar-refractivity contribution in [1.82, 2.24) is 29.5 Å². The van der Waals surface area contributed by atoms with Gasteiger partial charge in [0.1, 0.15) is 5.82 Å². The van der Waals surface area contributed by atoms with Crippen LogP contribution in [0.4, 0.5) is 0 Å². The highest BCUT2D eigenvalue weighted by Crippen LogP contribution is 2.34. The lowest BCUT2D eigenvalue weighted by molar-refractivity contribution is -0.129. The van der Waals surface area contributed by atoms with Gasteiger partial charge in [0, 0.05) is 62.1 Å². The zero-order chi connectivity index (χ0) is 18.5. The van der Waals surface area contributed by atoms with E-state index in [1.807, 2.05) is 22.7 Å². The molecule has 1 amide bonds. The minimum absolute atomic E-state index is 0.0461. The van der Waals surface area contributed by atoms with Crippen molar-refractivity contribution in [1.29, 1.82) is 0 Å². The fourth-order valence-electron chi connectivity index (χ4n) is 4.16. The van der Waals surface area contributed by atoms with Crippen LogP contribution in [0.1, 0.15) is 50.8 Å². The number of rotatable bonds is 4. The number of amides is 1. The highest BCUT2D eigenvalue weighted by molar-refractivity contribution is 5.80. The number of nitrogens with zero attached hydrogens (tertiary/aromatic N) is 5. The monoisotopic (exact) mass is 356 g/mol. The van der Waals surface area contributed by atoms with E-state index in [9.17, 15) is 4.79 Å². The Kier molecular flexibility index (Phi) is 4.14. The van der Waals surface area contributed by atoms with Gasteiger partial charge >= 0.3 is 0 Å². The molecule has 0 aromatic carbocycles. The molecule has 0 saturated carbocycles. The average molecular weight is 356 g/mol. The predicted octanol–water partition coefficient (Wildman–Crippen LogP) is 1.82. The molecule has 2 aromatic rings. The van der Waals surface area contributed by atoms with E-state index in [0.29, 0.717) is 25.0 Å². The summed E-state index contributed by atoms with van der Waals surface area (Å²) in [4.78, 5) is 21.4. The van der Waals surface area contributed by atoms with Gasteiger partial charge in [-0.2, -0.15) is 5.10 Å². The number of hydrogen-bond acceptors (Lipinski definition) is 4. The van der Waals surface area contributed by atoms with Gasteiger partial charge in [-0.1, -0.05) is 20.8 Å². The first-order valence-electron chi connectivity index (χ1n) is 9.37. The molecule has 26 heavy (non-hydrogen) atoms. The maximum Gasteiger partial charge on any atom is 0.224 e. The topological polar surface area (TPSA) is 70.1 Å². The van der Waals surface area contributed by atoms with Crippen molar-refractivity contribution in [2.24, 2.45) is 7.05 Å². The number of hydrogen-bond donors (Lipinski definition) is 1. The zero-order valence-electron chi connectivity index (χ0n) is 16.1. The summed E-state index contributed by atoms with van der Waals surface area (Å²) in [6, 6.07) is 2.75. The summed E-state index contributed by atoms with van der Waals surface area (Å²) in [6.45, 7) is 8.96. The number of carbonyl (C=O) groups is 1. The summed E-state index contributed by atoms with van der Waals surface area (Å²) in [7, 11) is 1.98. The standard InChI is InChI=1S/C19H28N6O/c1-19(2,3)16-9-13(21-22-16)11-24-7-5-14-15(24)10-18(26)25(14)12-17-20-6-8-23(17)4/h6,8-9,14-15H,5,7,10-12H2,1-4H3,(H,21,22). The fraction of sp³-hybridized carbons (Fsp3) is 0.632. The number of aromatic amines is 1. The van der Waals surface area contributed by atoms with Crippen molar-refractivity contribution >= 4 is 5.91 Å². The molecule has 2 aliphatic heterocycles. The smallest absolute Gasteiger partial charge is 0.224 e. The second-order valence-corrected chi connectivity index (χ2v) is 8.60. The lowest BCUT2D eigenvalue weighted by Crippen LogP contribution is -2.37. The molecule has 2 atom stereocenters. The molecular formula is C19H28N6O. The van der Waals surface area contributed by atoms with Crippen LogP contribution in [0.5, 0.6) is 0 Å². The Bertz CT molecular complexity index is 801. The van der Waals surface area contributed by atoms with Gasteiger partial charge in [0.15, 0.2) is 0 Å². The largest absolute Gasteiger partial charge is 0.337 e. The van der Waals surface area contributed by atoms with Crippen molar-refractivity contribution in [2.75, 3.05) is 6.54 Å². The predicted molar refractivity (Wildman–Crippen MR) is 98.3 cm³/mol. The average Bonchev–Trinajstić information content (AvgIpc) is 3.30. The number of carbonyl (C=O) groups excluding carboxylic acids is 1. The van der Waals surface area contributed by atoms with Gasteiger partial charge in [0.25, 0.3) is 0 Å². The molecule has 7 nitrogen and oxygen atoms in total. The van der Waals surface area contributed by atoms with Crippen LogP contribution < -0.4 is 0 Å². The SMILES string of the molecule is Cn1ccnc1CN1C(=O)CC2C1CCN2Cc1cc(C(C)(C)C)n[nH]1. The van der Waals surface area contributed by atoms with Crippen molar-refractivity contribution in [2.45, 2.75) is 64.2 Å². The van der Waals surface area contributed by atoms with Crippen molar-refractivity contribution in [3.8, 4) is 0 Å². The van der Waals surface area contributed by atoms with Crippen LogP contribution in [0.25, 0.3) is 0 Å². The van der Waals surface area contributed by atoms with E-state index in [2.05, 4.69) is 46.9 Å². The van der Waals surface area contributed by atoms with Gasteiger partial charge in [-0.15, -0.1) is 0 Å². The molecular weight excluding hydrogens is 328 g/mol. The molecule has 4 heterocycles. The van der Waals surface area contributed by atoms with Crippen LogP contribution in [-0.2, 0) is 30.3 Å². The number of likely N-dealkylation sites (tertiary alicyclic amines) is 2. The van der Waals surface area contributed by atoms with E-state index in [1.54, 1.807) is 6.20 Å². The third-order valence-corrected chi connectivity index (χ3v) is 5.74. The lowest BCUT2D eigenvalue weighted by atomic mass is 9.92. The molecule has 0 spiro atoms. The Balaban J connectivity index is 1.45. The van der Waals surface area contributed by atoms with E-state index in [4.69, 9.17) is 0 Å². The van der Waals surface area contributed by atoms with Gasteiger partial charge in [-0.25, -0.2) is 4.98 Å². The number of imidazole rings is 1. The first-order chi connectivity index (χ1) is 12.3. The van der Waals surface area contributed by atoms with Crippen molar-refractivity contribution in [3.05, 3.63) is 35.7 Å². The molecule has 2 unspecified atom stereocenters. The van der Waals surface area contributed by atoms with Crippen LogP contribution in [0.2, 0.25) is 0 Å². The minimum Gasteiger partial charge on any atom is -0.337 e. The summed E-state index contributed by atoms with van der Waals surface area (Å²) >= 11 is 0. The molecule has 2 saturated heterocycles. The van der Waals surface area contributed by atoms with E-state index in [0.717, 1.165) is 36.7 Å². The molecule has 2 aromatic heterocycles. The normalized spacial score (nSPS) is 23.8. The fourth-order valence-corrected chi connectivity index (χ4v) is 4.16. The summed E-state index contributed by atoms with van der Waals surface area (Å²) in [5, 5.41) is 7.65. The van der Waals surface area contributed by atoms with Crippen molar-refractivity contribution < 1.29 is 4.79 Å². The second kappa shape index (κ2) is 6.23. The number of nitrogens with one attached hydrogen (secondary N) is 1. The molecule has 7 heteroatoms. The number of aromatic nitrogens is 4. The molecule has 0 bridgehead atoms. The van der Waals surface area contributed by atoms with E-state index in [-0.39, 0.29) is 11.3 Å². The maximum atomic E-state index is 12.6. The molecule has 140 valence electrons.